The van der Waals surface area contributed by atoms with Crippen LogP contribution < -0.4 is 11.1 Å². The molecule has 21 heavy (non-hydrogen) atoms. The zero-order chi connectivity index (χ0) is 15.2. The summed E-state index contributed by atoms with van der Waals surface area (Å²) in [6.07, 6.45) is 0. The van der Waals surface area contributed by atoms with Gasteiger partial charge in [0.25, 0.3) is 0 Å². The van der Waals surface area contributed by atoms with Crippen LogP contribution in [0.3, 0.4) is 0 Å². The van der Waals surface area contributed by atoms with Crippen LogP contribution in [0.5, 0.6) is 0 Å². The van der Waals surface area contributed by atoms with Gasteiger partial charge in [-0.3, -0.25) is 0 Å². The van der Waals surface area contributed by atoms with Crippen LogP contribution in [0.2, 0.25) is 0 Å². The van der Waals surface area contributed by atoms with Crippen molar-refractivity contribution >= 4 is 5.84 Å². The van der Waals surface area contributed by atoms with Crippen molar-refractivity contribution in [3.63, 3.8) is 0 Å². The van der Waals surface area contributed by atoms with Crippen molar-refractivity contribution in [1.29, 1.82) is 0 Å². The summed E-state index contributed by atoms with van der Waals surface area (Å²) >= 11 is 0. The molecule has 4 N–H and O–H groups in total. The molecule has 0 unspecified atom stereocenters. The molecule has 0 aliphatic heterocycles. The number of nitrogens with zero attached hydrogens (tertiary/aromatic N) is 1. The summed E-state index contributed by atoms with van der Waals surface area (Å²) in [5, 5.41) is 15.2. The maximum Gasteiger partial charge on any atom is 0.170 e. The van der Waals surface area contributed by atoms with Crippen LogP contribution in [0.4, 0.5) is 0 Å². The molecule has 0 atom stereocenters. The molecule has 0 amide bonds. The van der Waals surface area contributed by atoms with Crippen molar-refractivity contribution in [3.8, 4) is 0 Å². The van der Waals surface area contributed by atoms with Crippen LogP contribution >= 0.6 is 0 Å². The molecule has 0 aliphatic carbocycles. The average Bonchev–Trinajstić information content (AvgIpc) is 2.50. The number of hydrogen-bond donors (Lipinski definition) is 3. The van der Waals surface area contributed by atoms with Crippen LogP contribution in [0.15, 0.2) is 47.6 Å². The minimum atomic E-state index is 0.137. The van der Waals surface area contributed by atoms with E-state index >= 15 is 0 Å². The third-order valence-electron chi connectivity index (χ3n) is 3.64. The highest BCUT2D eigenvalue weighted by Crippen LogP contribution is 2.12. The van der Waals surface area contributed by atoms with Gasteiger partial charge in [-0.2, -0.15) is 0 Å². The summed E-state index contributed by atoms with van der Waals surface area (Å²) in [5.41, 5.74) is 11.3. The zero-order valence-corrected chi connectivity index (χ0v) is 12.4. The van der Waals surface area contributed by atoms with E-state index in [2.05, 4.69) is 41.7 Å². The van der Waals surface area contributed by atoms with E-state index < -0.39 is 0 Å². The Kier molecular flexibility index (Phi) is 4.95. The van der Waals surface area contributed by atoms with Gasteiger partial charge in [-0.25, -0.2) is 0 Å². The topological polar surface area (TPSA) is 70.6 Å². The van der Waals surface area contributed by atoms with Gasteiger partial charge >= 0.3 is 0 Å². The lowest BCUT2D eigenvalue weighted by molar-refractivity contribution is 0.318. The number of benzene rings is 2. The zero-order valence-electron chi connectivity index (χ0n) is 12.4. The molecular formula is C17H21N3O. The normalized spacial score (nSPS) is 11.6. The standard InChI is InChI=1S/C17H21N3O/c1-12-5-3-4-6-15(12)10-19-11-16-8-7-14(9-13(16)2)17(18)20-21/h3-9,19,21H,10-11H2,1-2H3,(H2,18,20). The third kappa shape index (κ3) is 3.83. The minimum absolute atomic E-state index is 0.137. The number of amidine groups is 1. The maximum atomic E-state index is 8.69. The predicted molar refractivity (Wildman–Crippen MR) is 85.4 cm³/mol. The summed E-state index contributed by atoms with van der Waals surface area (Å²) in [7, 11) is 0. The quantitative estimate of drug-likeness (QED) is 0.342. The molecule has 0 fully saturated rings. The number of rotatable bonds is 5. The number of aryl methyl sites for hydroxylation is 2. The van der Waals surface area contributed by atoms with Gasteiger partial charge in [-0.1, -0.05) is 41.6 Å². The molecule has 2 rings (SSSR count). The summed E-state index contributed by atoms with van der Waals surface area (Å²) in [6, 6.07) is 14.2. The predicted octanol–water partition coefficient (Wildman–Crippen LogP) is 2.69. The van der Waals surface area contributed by atoms with Crippen molar-refractivity contribution in [2.45, 2.75) is 26.9 Å². The van der Waals surface area contributed by atoms with Crippen molar-refractivity contribution in [1.82, 2.24) is 5.32 Å². The highest BCUT2D eigenvalue weighted by atomic mass is 16.4. The first-order valence-corrected chi connectivity index (χ1v) is 6.94. The van der Waals surface area contributed by atoms with Crippen LogP contribution in [0.1, 0.15) is 27.8 Å². The molecule has 0 bridgehead atoms. The summed E-state index contributed by atoms with van der Waals surface area (Å²) in [4.78, 5) is 0. The minimum Gasteiger partial charge on any atom is -0.409 e. The molecule has 0 radical (unpaired) electrons. The van der Waals surface area contributed by atoms with Gasteiger partial charge in [0, 0.05) is 18.7 Å². The van der Waals surface area contributed by atoms with Gasteiger partial charge in [0.05, 0.1) is 0 Å². The summed E-state index contributed by atoms with van der Waals surface area (Å²) in [5.74, 6) is 0.137. The SMILES string of the molecule is Cc1ccccc1CNCc1ccc(/C(N)=N/O)cc1C. The second-order valence-electron chi connectivity index (χ2n) is 5.16. The molecule has 0 heterocycles. The monoisotopic (exact) mass is 283 g/mol. The molecular weight excluding hydrogens is 262 g/mol. The lowest BCUT2D eigenvalue weighted by Gasteiger charge is -2.11. The van der Waals surface area contributed by atoms with Crippen LogP contribution in [0, 0.1) is 13.8 Å². The van der Waals surface area contributed by atoms with Gasteiger partial charge in [-0.05, 0) is 42.2 Å². The number of oxime groups is 1. The van der Waals surface area contributed by atoms with E-state index in [0.717, 1.165) is 24.2 Å². The van der Waals surface area contributed by atoms with Crippen LogP contribution in [0.25, 0.3) is 0 Å². The molecule has 110 valence electrons. The lowest BCUT2D eigenvalue weighted by atomic mass is 10.0. The smallest absolute Gasteiger partial charge is 0.170 e. The first-order chi connectivity index (χ1) is 10.1. The van der Waals surface area contributed by atoms with E-state index in [-0.39, 0.29) is 5.84 Å². The molecule has 0 saturated heterocycles. The summed E-state index contributed by atoms with van der Waals surface area (Å²) in [6.45, 7) is 5.78. The number of nitrogens with two attached hydrogens (primary N) is 1. The van der Waals surface area contributed by atoms with Crippen LogP contribution in [-0.4, -0.2) is 11.0 Å². The Morgan fingerprint density at radius 1 is 1.05 bits per heavy atom. The van der Waals surface area contributed by atoms with Crippen molar-refractivity contribution in [2.24, 2.45) is 10.9 Å². The second kappa shape index (κ2) is 6.90. The largest absolute Gasteiger partial charge is 0.409 e. The van der Waals surface area contributed by atoms with E-state index in [1.807, 2.05) is 25.1 Å². The Labute approximate surface area is 125 Å². The van der Waals surface area contributed by atoms with Crippen molar-refractivity contribution in [2.75, 3.05) is 0 Å². The summed E-state index contributed by atoms with van der Waals surface area (Å²) < 4.78 is 0. The molecule has 2 aromatic carbocycles. The second-order valence-corrected chi connectivity index (χ2v) is 5.16. The Balaban J connectivity index is 1.99. The molecule has 0 aromatic heterocycles. The molecule has 2 aromatic rings. The van der Waals surface area contributed by atoms with E-state index in [1.165, 1.54) is 16.7 Å². The highest BCUT2D eigenvalue weighted by Gasteiger charge is 2.04. The molecule has 4 nitrogen and oxygen atoms in total. The molecule has 0 spiro atoms. The van der Waals surface area contributed by atoms with Gasteiger partial charge in [0.15, 0.2) is 5.84 Å². The lowest BCUT2D eigenvalue weighted by Crippen LogP contribution is -2.16. The molecule has 0 aliphatic rings. The van der Waals surface area contributed by atoms with Crippen LogP contribution in [-0.2, 0) is 13.1 Å². The fraction of sp³-hybridized carbons (Fsp3) is 0.235. The van der Waals surface area contributed by atoms with E-state index in [1.54, 1.807) is 0 Å². The van der Waals surface area contributed by atoms with Gasteiger partial charge in [0.2, 0.25) is 0 Å². The van der Waals surface area contributed by atoms with Crippen molar-refractivity contribution in [3.05, 3.63) is 70.3 Å². The van der Waals surface area contributed by atoms with Crippen molar-refractivity contribution < 1.29 is 5.21 Å². The fourth-order valence-corrected chi connectivity index (χ4v) is 2.25. The highest BCUT2D eigenvalue weighted by molar-refractivity contribution is 5.97. The maximum absolute atomic E-state index is 8.69. The fourth-order valence-electron chi connectivity index (χ4n) is 2.25. The Morgan fingerprint density at radius 2 is 1.71 bits per heavy atom. The van der Waals surface area contributed by atoms with Gasteiger partial charge < -0.3 is 16.3 Å². The Morgan fingerprint density at radius 3 is 2.33 bits per heavy atom. The molecule has 0 saturated carbocycles. The number of nitrogens with one attached hydrogen (secondary N) is 1. The third-order valence-corrected chi connectivity index (χ3v) is 3.64. The number of hydrogen-bond acceptors (Lipinski definition) is 3. The van der Waals surface area contributed by atoms with Gasteiger partial charge in [-0.15, -0.1) is 0 Å². The Bertz CT molecular complexity index is 650. The van der Waals surface area contributed by atoms with Gasteiger partial charge in [0.1, 0.15) is 0 Å². The van der Waals surface area contributed by atoms with E-state index in [9.17, 15) is 0 Å². The first kappa shape index (κ1) is 15.1. The first-order valence-electron chi connectivity index (χ1n) is 6.94. The average molecular weight is 283 g/mol. The Hall–Kier alpha value is -2.33. The molecule has 4 heteroatoms. The van der Waals surface area contributed by atoms with E-state index in [0.29, 0.717) is 0 Å². The van der Waals surface area contributed by atoms with E-state index in [4.69, 9.17) is 10.9 Å².